The zero-order valence-corrected chi connectivity index (χ0v) is 29.4. The highest BCUT2D eigenvalue weighted by Crippen LogP contribution is 2.43. The Morgan fingerprint density at radius 3 is 2.33 bits per heavy atom. The van der Waals surface area contributed by atoms with E-state index in [0.717, 1.165) is 17.7 Å². The summed E-state index contributed by atoms with van der Waals surface area (Å²) in [7, 11) is 1.57. The van der Waals surface area contributed by atoms with Crippen molar-refractivity contribution in [2.24, 2.45) is 23.7 Å². The van der Waals surface area contributed by atoms with Gasteiger partial charge in [0.25, 0.3) is 0 Å². The van der Waals surface area contributed by atoms with Gasteiger partial charge in [-0.3, -0.25) is 19.4 Å². The zero-order chi connectivity index (χ0) is 33.1. The number of halogens is 1. The summed E-state index contributed by atoms with van der Waals surface area (Å²) in [6.45, 7) is 11.6. The lowest BCUT2D eigenvalue weighted by molar-refractivity contribution is -0.161. The molecule has 0 aromatic carbocycles. The number of esters is 1. The molecule has 0 N–H and O–H groups in total. The SMILES string of the molecule is CO[C@@]1(C)C[C@@H](C)C(=O)[C@@H](C)C(=O)O[C@H](I)[C@@]2(C)OC(=O)N(CCCCn3cnc(-c4cccnc4)c3)[C@@H]2[C@@H](C)C(=O)[C@H](C)C1. The van der Waals surface area contributed by atoms with E-state index < -0.39 is 57.1 Å². The van der Waals surface area contributed by atoms with Gasteiger partial charge in [-0.1, -0.05) is 20.8 Å². The summed E-state index contributed by atoms with van der Waals surface area (Å²) in [6.07, 6.45) is 8.82. The minimum atomic E-state index is -1.33. The Hall–Kier alpha value is -2.87. The average molecular weight is 737 g/mol. The Bertz CT molecular complexity index is 1390. The molecule has 12 heteroatoms. The minimum absolute atomic E-state index is 0.0431. The largest absolute Gasteiger partial charge is 0.447 e. The van der Waals surface area contributed by atoms with Crippen LogP contribution in [0.1, 0.15) is 67.2 Å². The lowest BCUT2D eigenvalue weighted by atomic mass is 9.76. The maximum Gasteiger partial charge on any atom is 0.410 e. The number of Topliss-reactive ketones (excluding diaryl/α,β-unsaturated/α-hetero) is 2. The van der Waals surface area contributed by atoms with Gasteiger partial charge in [0, 0.05) is 62.1 Å². The topological polar surface area (TPSA) is 130 Å². The summed E-state index contributed by atoms with van der Waals surface area (Å²) < 4.78 is 18.7. The Kier molecular flexibility index (Phi) is 11.1. The second-order valence-electron chi connectivity index (χ2n) is 13.1. The Morgan fingerprint density at radius 1 is 1.02 bits per heavy atom. The third-order valence-electron chi connectivity index (χ3n) is 9.43. The predicted molar refractivity (Wildman–Crippen MR) is 175 cm³/mol. The van der Waals surface area contributed by atoms with E-state index in [0.29, 0.717) is 32.4 Å². The Morgan fingerprint density at radius 2 is 1.69 bits per heavy atom. The van der Waals surface area contributed by atoms with Gasteiger partial charge in [0.15, 0.2) is 9.71 Å². The summed E-state index contributed by atoms with van der Waals surface area (Å²) in [5.41, 5.74) is -0.321. The quantitative estimate of drug-likeness (QED) is 0.119. The third-order valence-corrected chi connectivity index (χ3v) is 10.9. The number of ketones is 2. The molecule has 4 rings (SSSR count). The first kappa shape index (κ1) is 35.0. The van der Waals surface area contributed by atoms with E-state index in [4.69, 9.17) is 14.2 Å². The fourth-order valence-electron chi connectivity index (χ4n) is 6.84. The smallest absolute Gasteiger partial charge is 0.410 e. The summed E-state index contributed by atoms with van der Waals surface area (Å²) in [6, 6.07) is 3.13. The lowest BCUT2D eigenvalue weighted by Gasteiger charge is -2.40. The van der Waals surface area contributed by atoms with Crippen LogP contribution >= 0.6 is 22.6 Å². The normalized spacial score (nSPS) is 33.4. The third kappa shape index (κ3) is 7.58. The highest BCUT2D eigenvalue weighted by atomic mass is 127. The van der Waals surface area contributed by atoms with Gasteiger partial charge in [0.1, 0.15) is 17.5 Å². The van der Waals surface area contributed by atoms with E-state index in [9.17, 15) is 19.2 Å². The highest BCUT2D eigenvalue weighted by molar-refractivity contribution is 14.1. The van der Waals surface area contributed by atoms with Crippen LogP contribution in [0.4, 0.5) is 4.79 Å². The van der Waals surface area contributed by atoms with Crippen LogP contribution < -0.4 is 0 Å². The van der Waals surface area contributed by atoms with Gasteiger partial charge in [-0.2, -0.15) is 0 Å². The van der Waals surface area contributed by atoms with E-state index in [1.807, 2.05) is 66.3 Å². The van der Waals surface area contributed by atoms with Crippen LogP contribution in [0.25, 0.3) is 11.3 Å². The zero-order valence-electron chi connectivity index (χ0n) is 27.2. The molecule has 246 valence electrons. The van der Waals surface area contributed by atoms with Gasteiger partial charge in [-0.15, -0.1) is 0 Å². The van der Waals surface area contributed by atoms with Gasteiger partial charge in [-0.25, -0.2) is 9.78 Å². The number of methoxy groups -OCH3 is 1. The van der Waals surface area contributed by atoms with Crippen LogP contribution in [-0.4, -0.2) is 78.1 Å². The molecule has 2 aromatic heterocycles. The molecule has 2 aliphatic heterocycles. The van der Waals surface area contributed by atoms with Crippen LogP contribution in [0, 0.1) is 23.7 Å². The van der Waals surface area contributed by atoms with Gasteiger partial charge in [0.2, 0.25) is 0 Å². The molecular formula is C33H45IN4O7. The molecule has 45 heavy (non-hydrogen) atoms. The number of nitrogens with zero attached hydrogens (tertiary/aromatic N) is 4. The van der Waals surface area contributed by atoms with Crippen molar-refractivity contribution in [2.45, 2.75) is 95.1 Å². The number of rotatable bonds is 7. The maximum atomic E-state index is 14.0. The van der Waals surface area contributed by atoms with Crippen LogP contribution in [0.15, 0.2) is 37.1 Å². The number of cyclic esters (lactones) is 1. The van der Waals surface area contributed by atoms with Gasteiger partial charge >= 0.3 is 12.1 Å². The van der Waals surface area contributed by atoms with E-state index in [1.165, 1.54) is 0 Å². The van der Waals surface area contributed by atoms with E-state index in [1.54, 1.807) is 51.5 Å². The van der Waals surface area contributed by atoms with Gasteiger partial charge < -0.3 is 23.7 Å². The average Bonchev–Trinajstić information content (AvgIpc) is 3.59. The van der Waals surface area contributed by atoms with E-state index in [-0.39, 0.29) is 11.6 Å². The second kappa shape index (κ2) is 14.3. The van der Waals surface area contributed by atoms with E-state index >= 15 is 0 Å². The minimum Gasteiger partial charge on any atom is -0.447 e. The number of hydrogen-bond acceptors (Lipinski definition) is 9. The van der Waals surface area contributed by atoms with Crippen molar-refractivity contribution >= 4 is 46.2 Å². The number of alkyl halides is 1. The monoisotopic (exact) mass is 736 g/mol. The van der Waals surface area contributed by atoms with Crippen molar-refractivity contribution in [3.8, 4) is 11.3 Å². The lowest BCUT2D eigenvalue weighted by Crippen LogP contribution is -2.56. The van der Waals surface area contributed by atoms with Crippen molar-refractivity contribution in [3.05, 3.63) is 37.1 Å². The number of ether oxygens (including phenoxy) is 3. The molecule has 2 fully saturated rings. The first-order valence-electron chi connectivity index (χ1n) is 15.6. The summed E-state index contributed by atoms with van der Waals surface area (Å²) in [4.78, 5) is 64.1. The number of aryl methyl sites for hydroxylation is 1. The van der Waals surface area contributed by atoms with Crippen LogP contribution in [0.2, 0.25) is 0 Å². The number of hydrogen-bond donors (Lipinski definition) is 0. The van der Waals surface area contributed by atoms with Gasteiger partial charge in [-0.05, 0) is 81.2 Å². The van der Waals surface area contributed by atoms with Crippen molar-refractivity contribution in [3.63, 3.8) is 0 Å². The number of carbonyl (C=O) groups is 4. The molecule has 2 saturated heterocycles. The summed E-state index contributed by atoms with van der Waals surface area (Å²) in [5.74, 6) is -3.51. The predicted octanol–water partition coefficient (Wildman–Crippen LogP) is 5.49. The molecule has 0 radical (unpaired) electrons. The maximum absolute atomic E-state index is 14.0. The van der Waals surface area contributed by atoms with Crippen molar-refractivity contribution in [1.82, 2.24) is 19.4 Å². The molecule has 0 unspecified atom stereocenters. The van der Waals surface area contributed by atoms with Crippen LogP contribution in [-0.2, 0) is 35.1 Å². The molecule has 11 nitrogen and oxygen atoms in total. The molecule has 4 heterocycles. The number of amides is 1. The molecule has 0 saturated carbocycles. The standard InChI is InChI=1S/C33H45IN4O7/c1-20-15-32(5,43-7)16-21(2)27(40)23(4)29(41)44-30(34)33(6)28(22(3)26(20)39)38(31(42)45-33)14-9-8-13-37-18-25(36-19-37)24-11-10-12-35-17-24/h10-12,17-23,28,30H,8-9,13-16H2,1-7H3/t20-,21-,22+,23-,28-,30+,32-,33+/m1/s1. The highest BCUT2D eigenvalue weighted by Gasteiger charge is 2.59. The number of carbonyl (C=O) groups excluding carboxylic acids is 4. The fourth-order valence-corrected chi connectivity index (χ4v) is 7.59. The fraction of sp³-hybridized carbons (Fsp3) is 0.636. The second-order valence-corrected chi connectivity index (χ2v) is 14.2. The van der Waals surface area contributed by atoms with Crippen molar-refractivity contribution in [1.29, 1.82) is 0 Å². The Labute approximate surface area is 278 Å². The van der Waals surface area contributed by atoms with E-state index in [2.05, 4.69) is 9.97 Å². The Balaban J connectivity index is 1.55. The van der Waals surface area contributed by atoms with Crippen molar-refractivity contribution < 1.29 is 33.4 Å². The summed E-state index contributed by atoms with van der Waals surface area (Å²) >= 11 is 1.95. The van der Waals surface area contributed by atoms with Crippen molar-refractivity contribution in [2.75, 3.05) is 13.7 Å². The molecule has 0 spiro atoms. The molecule has 8 atom stereocenters. The molecule has 2 aliphatic rings. The number of aromatic nitrogens is 3. The molecule has 1 amide bonds. The number of pyridine rings is 1. The molecule has 0 bridgehead atoms. The first-order chi connectivity index (χ1) is 21.2. The van der Waals surface area contributed by atoms with Gasteiger partial charge in [0.05, 0.1) is 23.7 Å². The number of unbranched alkanes of at least 4 members (excludes halogenated alkanes) is 1. The van der Waals surface area contributed by atoms with Crippen LogP contribution in [0.5, 0.6) is 0 Å². The molecule has 0 aliphatic carbocycles. The summed E-state index contributed by atoms with van der Waals surface area (Å²) in [5, 5.41) is 0. The molecular weight excluding hydrogens is 691 g/mol. The first-order valence-corrected chi connectivity index (χ1v) is 16.8. The molecule has 2 aromatic rings. The number of fused-ring (bicyclic) bond motifs is 1. The van der Waals surface area contributed by atoms with Crippen LogP contribution in [0.3, 0.4) is 0 Å². The number of imidazole rings is 1.